The van der Waals surface area contributed by atoms with Crippen LogP contribution in [0.5, 0.6) is 0 Å². The molecule has 1 aromatic rings. The van der Waals surface area contributed by atoms with Gasteiger partial charge in [-0.25, -0.2) is 9.97 Å². The normalized spacial score (nSPS) is 12.0. The van der Waals surface area contributed by atoms with Crippen LogP contribution in [0.4, 0.5) is 19.0 Å². The van der Waals surface area contributed by atoms with E-state index in [0.717, 1.165) is 6.07 Å². The quantitative estimate of drug-likeness (QED) is 0.849. The van der Waals surface area contributed by atoms with Gasteiger partial charge in [-0.3, -0.25) is 0 Å². The first-order chi connectivity index (χ1) is 8.75. The maximum Gasteiger partial charge on any atom is 0.433 e. The van der Waals surface area contributed by atoms with Crippen LogP contribution in [0.25, 0.3) is 0 Å². The van der Waals surface area contributed by atoms with Crippen molar-refractivity contribution in [1.82, 2.24) is 9.97 Å². The summed E-state index contributed by atoms with van der Waals surface area (Å²) in [6.45, 7) is 3.98. The van der Waals surface area contributed by atoms with Gasteiger partial charge in [0.25, 0.3) is 0 Å². The number of alkyl halides is 3. The molecule has 0 aliphatic carbocycles. The maximum atomic E-state index is 12.7. The van der Waals surface area contributed by atoms with Gasteiger partial charge in [0, 0.05) is 25.3 Å². The van der Waals surface area contributed by atoms with Crippen LogP contribution in [0.3, 0.4) is 0 Å². The van der Waals surface area contributed by atoms with Gasteiger partial charge in [-0.05, 0) is 31.9 Å². The number of halogens is 4. The first-order valence-corrected chi connectivity index (χ1v) is 6.12. The van der Waals surface area contributed by atoms with E-state index in [1.165, 1.54) is 0 Å². The van der Waals surface area contributed by atoms with Gasteiger partial charge in [0.15, 0.2) is 5.69 Å². The lowest BCUT2D eigenvalue weighted by Gasteiger charge is -2.28. The highest BCUT2D eigenvalue weighted by Crippen LogP contribution is 2.30. The first-order valence-electron chi connectivity index (χ1n) is 5.75. The molecule has 1 N–H and O–H groups in total. The van der Waals surface area contributed by atoms with Crippen molar-refractivity contribution in [2.45, 2.75) is 32.5 Å². The average molecular weight is 298 g/mol. The Labute approximate surface area is 114 Å². The molecule has 0 aliphatic rings. The van der Waals surface area contributed by atoms with Crippen molar-refractivity contribution in [3.8, 4) is 0 Å². The van der Waals surface area contributed by atoms with E-state index < -0.39 is 17.2 Å². The zero-order chi connectivity index (χ0) is 14.6. The molecule has 1 rings (SSSR count). The predicted molar refractivity (Wildman–Crippen MR) is 66.2 cm³/mol. The van der Waals surface area contributed by atoms with Gasteiger partial charge in [-0.15, -0.1) is 0 Å². The lowest BCUT2D eigenvalue weighted by molar-refractivity contribution is -0.141. The van der Waals surface area contributed by atoms with Gasteiger partial charge >= 0.3 is 6.18 Å². The predicted octanol–water partition coefficient (Wildman–Crippen LogP) is 2.75. The van der Waals surface area contributed by atoms with E-state index in [-0.39, 0.29) is 18.5 Å². The zero-order valence-corrected chi connectivity index (χ0v) is 11.3. The minimum Gasteiger partial charge on any atom is -0.396 e. The first kappa shape index (κ1) is 16.0. The van der Waals surface area contributed by atoms with Gasteiger partial charge < -0.3 is 10.0 Å². The van der Waals surface area contributed by atoms with Crippen LogP contribution in [0.2, 0.25) is 5.28 Å². The van der Waals surface area contributed by atoms with E-state index >= 15 is 0 Å². The Kier molecular flexibility index (Phi) is 5.37. The van der Waals surface area contributed by atoms with Crippen molar-refractivity contribution < 1.29 is 18.3 Å². The fourth-order valence-corrected chi connectivity index (χ4v) is 1.75. The lowest BCUT2D eigenvalue weighted by Crippen LogP contribution is -2.33. The highest BCUT2D eigenvalue weighted by atomic mass is 35.5. The van der Waals surface area contributed by atoms with Crippen molar-refractivity contribution in [2.24, 2.45) is 0 Å². The number of anilines is 1. The molecule has 0 unspecified atom stereocenters. The van der Waals surface area contributed by atoms with Crippen molar-refractivity contribution in [3.63, 3.8) is 0 Å². The average Bonchev–Trinajstić information content (AvgIpc) is 2.27. The SMILES string of the molecule is CC(C)N(CCCO)c1cc(C(F)(F)F)nc(Cl)n1. The largest absolute Gasteiger partial charge is 0.433 e. The molecule has 0 atom stereocenters. The second-order valence-electron chi connectivity index (χ2n) is 4.24. The molecule has 0 aliphatic heterocycles. The van der Waals surface area contributed by atoms with Crippen molar-refractivity contribution >= 4 is 17.4 Å². The van der Waals surface area contributed by atoms with Crippen LogP contribution in [0, 0.1) is 0 Å². The molecule has 8 heteroatoms. The Morgan fingerprint density at radius 3 is 2.47 bits per heavy atom. The van der Waals surface area contributed by atoms with Gasteiger partial charge in [-0.1, -0.05) is 0 Å². The third-order valence-electron chi connectivity index (χ3n) is 2.45. The summed E-state index contributed by atoms with van der Waals surface area (Å²) in [4.78, 5) is 8.64. The smallest absolute Gasteiger partial charge is 0.396 e. The fraction of sp³-hybridized carbons (Fsp3) is 0.636. The number of hydrogen-bond acceptors (Lipinski definition) is 4. The number of aliphatic hydroxyl groups is 1. The van der Waals surface area contributed by atoms with Crippen molar-refractivity contribution in [3.05, 3.63) is 17.0 Å². The van der Waals surface area contributed by atoms with Crippen LogP contribution in [-0.2, 0) is 6.18 Å². The minimum absolute atomic E-state index is 0.0475. The molecule has 0 spiro atoms. The monoisotopic (exact) mass is 297 g/mol. The summed E-state index contributed by atoms with van der Waals surface area (Å²) in [5.74, 6) is 0.107. The molecule has 1 heterocycles. The molecular weight excluding hydrogens is 283 g/mol. The van der Waals surface area contributed by atoms with E-state index in [2.05, 4.69) is 9.97 Å². The van der Waals surface area contributed by atoms with Gasteiger partial charge in [0.05, 0.1) is 0 Å². The Bertz CT molecular complexity index is 426. The molecule has 0 bridgehead atoms. The van der Waals surface area contributed by atoms with Crippen LogP contribution >= 0.6 is 11.6 Å². The summed E-state index contributed by atoms with van der Waals surface area (Å²) in [5.41, 5.74) is -1.07. The Balaban J connectivity index is 3.12. The number of aromatic nitrogens is 2. The molecular formula is C11H15ClF3N3O. The van der Waals surface area contributed by atoms with E-state index in [1.807, 2.05) is 13.8 Å². The summed E-state index contributed by atoms with van der Waals surface area (Å²) < 4.78 is 38.0. The molecule has 0 saturated heterocycles. The van der Waals surface area contributed by atoms with Gasteiger partial charge in [-0.2, -0.15) is 13.2 Å². The fourth-order valence-electron chi connectivity index (χ4n) is 1.58. The maximum absolute atomic E-state index is 12.7. The molecule has 0 fully saturated rings. The third-order valence-corrected chi connectivity index (χ3v) is 2.62. The summed E-state index contributed by atoms with van der Waals surface area (Å²) >= 11 is 5.54. The Morgan fingerprint density at radius 2 is 2.00 bits per heavy atom. The highest BCUT2D eigenvalue weighted by Gasteiger charge is 2.34. The van der Waals surface area contributed by atoms with E-state index in [9.17, 15) is 13.2 Å². The highest BCUT2D eigenvalue weighted by molar-refractivity contribution is 6.28. The second kappa shape index (κ2) is 6.38. The molecule has 0 aromatic carbocycles. The minimum atomic E-state index is -4.57. The van der Waals surface area contributed by atoms with Gasteiger partial charge in [0.2, 0.25) is 5.28 Å². The molecule has 108 valence electrons. The summed E-state index contributed by atoms with van der Waals surface area (Å²) in [6.07, 6.45) is -4.14. The van der Waals surface area contributed by atoms with Crippen LogP contribution < -0.4 is 4.90 Å². The van der Waals surface area contributed by atoms with Crippen LogP contribution in [-0.4, -0.2) is 34.3 Å². The van der Waals surface area contributed by atoms with E-state index in [1.54, 1.807) is 4.90 Å². The van der Waals surface area contributed by atoms with E-state index in [0.29, 0.717) is 13.0 Å². The Hall–Kier alpha value is -1.08. The number of rotatable bonds is 5. The third kappa shape index (κ3) is 4.50. The molecule has 0 radical (unpaired) electrons. The van der Waals surface area contributed by atoms with Crippen molar-refractivity contribution in [1.29, 1.82) is 0 Å². The van der Waals surface area contributed by atoms with Crippen LogP contribution in [0.15, 0.2) is 6.07 Å². The number of nitrogens with zero attached hydrogens (tertiary/aromatic N) is 3. The lowest BCUT2D eigenvalue weighted by atomic mass is 10.2. The molecule has 4 nitrogen and oxygen atoms in total. The molecule has 1 aromatic heterocycles. The summed E-state index contributed by atoms with van der Waals surface area (Å²) in [6, 6.07) is 0.794. The standard InChI is InChI=1S/C11H15ClF3N3O/c1-7(2)18(4-3-5-19)9-6-8(11(13,14)15)16-10(12)17-9/h6-7,19H,3-5H2,1-2H3. The van der Waals surface area contributed by atoms with E-state index in [4.69, 9.17) is 16.7 Å². The second-order valence-corrected chi connectivity index (χ2v) is 4.58. The Morgan fingerprint density at radius 1 is 1.37 bits per heavy atom. The number of aliphatic hydroxyl groups excluding tert-OH is 1. The number of hydrogen-bond donors (Lipinski definition) is 1. The zero-order valence-electron chi connectivity index (χ0n) is 10.6. The van der Waals surface area contributed by atoms with Crippen LogP contribution in [0.1, 0.15) is 26.0 Å². The molecule has 0 saturated carbocycles. The molecule has 0 amide bonds. The van der Waals surface area contributed by atoms with Crippen molar-refractivity contribution in [2.75, 3.05) is 18.1 Å². The summed E-state index contributed by atoms with van der Waals surface area (Å²) in [7, 11) is 0. The van der Waals surface area contributed by atoms with Gasteiger partial charge in [0.1, 0.15) is 5.82 Å². The topological polar surface area (TPSA) is 49.2 Å². The summed E-state index contributed by atoms with van der Waals surface area (Å²) in [5, 5.41) is 8.37. The molecule has 19 heavy (non-hydrogen) atoms.